The maximum atomic E-state index is 13.0. The summed E-state index contributed by atoms with van der Waals surface area (Å²) in [6.45, 7) is 4.58. The molecule has 2 heterocycles. The van der Waals surface area contributed by atoms with E-state index in [1.807, 2.05) is 61.3 Å². The van der Waals surface area contributed by atoms with E-state index in [9.17, 15) is 4.79 Å². The van der Waals surface area contributed by atoms with Crippen molar-refractivity contribution in [2.45, 2.75) is 26.1 Å². The number of thioether (sulfide) groups is 1. The highest BCUT2D eigenvalue weighted by Gasteiger charge is 2.42. The van der Waals surface area contributed by atoms with E-state index >= 15 is 0 Å². The standard InChI is InChI=1S/C20H21BrN4O2S/c1-3-27-12-9-10-15(21)14(11-12)18-22-16-8-6-5-7-13(16)17-19(26)23-20(28-4-2)24-25(17)18/h5-11,17-18,22H,3-4H2,1-2H3,(H,23,24,26)/t17-,18-/m0/s1. The number of fused-ring (bicyclic) bond motifs is 3. The molecular weight excluding hydrogens is 440 g/mol. The number of amidine groups is 1. The number of halogens is 1. The second-order valence-corrected chi connectivity index (χ2v) is 8.47. The molecule has 2 aromatic carbocycles. The quantitative estimate of drug-likeness (QED) is 0.704. The number of carbonyl (C=O) groups excluding carboxylic acids is 1. The number of nitrogens with one attached hydrogen (secondary N) is 2. The maximum Gasteiger partial charge on any atom is 0.255 e. The van der Waals surface area contributed by atoms with Crippen LogP contribution in [0.1, 0.15) is 37.2 Å². The molecule has 28 heavy (non-hydrogen) atoms. The minimum absolute atomic E-state index is 0.0676. The molecule has 146 valence electrons. The Bertz CT molecular complexity index is 936. The Labute approximate surface area is 176 Å². The SMILES string of the molecule is CCOc1ccc(Br)c([C@H]2Nc3ccccc3[C@H]3C(=O)NC(SCC)=NN23)c1. The first kappa shape index (κ1) is 19.1. The number of amides is 1. The molecule has 2 aliphatic heterocycles. The van der Waals surface area contributed by atoms with Crippen LogP contribution in [-0.4, -0.2) is 28.4 Å². The van der Waals surface area contributed by atoms with Gasteiger partial charge >= 0.3 is 0 Å². The summed E-state index contributed by atoms with van der Waals surface area (Å²) in [6.07, 6.45) is -0.312. The molecule has 0 saturated carbocycles. The van der Waals surface area contributed by atoms with Gasteiger partial charge in [-0.05, 0) is 36.9 Å². The maximum absolute atomic E-state index is 13.0. The molecule has 6 nitrogen and oxygen atoms in total. The van der Waals surface area contributed by atoms with Crippen LogP contribution in [0.3, 0.4) is 0 Å². The highest BCUT2D eigenvalue weighted by molar-refractivity contribution is 9.10. The predicted octanol–water partition coefficient (Wildman–Crippen LogP) is 4.47. The summed E-state index contributed by atoms with van der Waals surface area (Å²) in [5.74, 6) is 1.55. The molecule has 0 unspecified atom stereocenters. The van der Waals surface area contributed by atoms with Crippen LogP contribution in [0, 0.1) is 0 Å². The van der Waals surface area contributed by atoms with Gasteiger partial charge in [0.2, 0.25) is 0 Å². The summed E-state index contributed by atoms with van der Waals surface area (Å²) < 4.78 is 6.62. The lowest BCUT2D eigenvalue weighted by Crippen LogP contribution is -2.51. The van der Waals surface area contributed by atoms with Crippen molar-refractivity contribution < 1.29 is 9.53 Å². The Balaban J connectivity index is 1.84. The van der Waals surface area contributed by atoms with E-state index < -0.39 is 6.04 Å². The van der Waals surface area contributed by atoms with E-state index in [2.05, 4.69) is 26.6 Å². The number of hydrazone groups is 1. The fraction of sp³-hybridized carbons (Fsp3) is 0.300. The second-order valence-electron chi connectivity index (χ2n) is 6.36. The summed E-state index contributed by atoms with van der Waals surface area (Å²) in [5, 5.41) is 13.7. The zero-order valence-corrected chi connectivity index (χ0v) is 18.0. The van der Waals surface area contributed by atoms with Crippen molar-refractivity contribution >= 4 is 44.5 Å². The Morgan fingerprint density at radius 3 is 2.82 bits per heavy atom. The first-order valence-corrected chi connectivity index (χ1v) is 11.0. The van der Waals surface area contributed by atoms with Gasteiger partial charge in [-0.2, -0.15) is 0 Å². The first-order chi connectivity index (χ1) is 13.6. The van der Waals surface area contributed by atoms with Crippen molar-refractivity contribution in [1.82, 2.24) is 10.3 Å². The van der Waals surface area contributed by atoms with Crippen LogP contribution >= 0.6 is 27.7 Å². The fourth-order valence-corrected chi connectivity index (χ4v) is 4.52. The van der Waals surface area contributed by atoms with E-state index in [1.54, 1.807) is 0 Å². The zero-order chi connectivity index (χ0) is 19.7. The van der Waals surface area contributed by atoms with Crippen LogP contribution in [0.4, 0.5) is 5.69 Å². The van der Waals surface area contributed by atoms with Crippen molar-refractivity contribution in [3.05, 3.63) is 58.1 Å². The average molecular weight is 461 g/mol. The van der Waals surface area contributed by atoms with Crippen molar-refractivity contribution in [2.75, 3.05) is 17.7 Å². The summed E-state index contributed by atoms with van der Waals surface area (Å²) >= 11 is 5.18. The molecule has 0 saturated heterocycles. The smallest absolute Gasteiger partial charge is 0.255 e. The molecule has 8 heteroatoms. The van der Waals surface area contributed by atoms with Gasteiger partial charge in [-0.15, -0.1) is 5.10 Å². The molecule has 2 aliphatic rings. The number of hydrogen-bond acceptors (Lipinski definition) is 6. The molecule has 0 aliphatic carbocycles. The van der Waals surface area contributed by atoms with E-state index in [-0.39, 0.29) is 12.1 Å². The number of benzene rings is 2. The highest BCUT2D eigenvalue weighted by Crippen LogP contribution is 2.44. The molecule has 4 rings (SSSR count). The lowest BCUT2D eigenvalue weighted by atomic mass is 9.97. The molecule has 0 spiro atoms. The number of rotatable bonds is 4. The van der Waals surface area contributed by atoms with Crippen LogP contribution in [0.15, 0.2) is 52.0 Å². The molecule has 2 aromatic rings. The van der Waals surface area contributed by atoms with Crippen LogP contribution in [0.5, 0.6) is 5.75 Å². The van der Waals surface area contributed by atoms with Crippen LogP contribution < -0.4 is 15.4 Å². The number of anilines is 1. The Kier molecular flexibility index (Phi) is 5.50. The monoisotopic (exact) mass is 460 g/mol. The highest BCUT2D eigenvalue weighted by atomic mass is 79.9. The van der Waals surface area contributed by atoms with Crippen LogP contribution in [-0.2, 0) is 4.79 Å². The second kappa shape index (κ2) is 8.05. The van der Waals surface area contributed by atoms with Crippen LogP contribution in [0.2, 0.25) is 0 Å². The molecule has 0 bridgehead atoms. The van der Waals surface area contributed by atoms with Crippen molar-refractivity contribution in [1.29, 1.82) is 0 Å². The van der Waals surface area contributed by atoms with Gasteiger partial charge in [0.05, 0.1) is 6.61 Å². The number of carbonyl (C=O) groups is 1. The third kappa shape index (κ3) is 3.46. The number of hydrogen-bond donors (Lipinski definition) is 2. The lowest BCUT2D eigenvalue weighted by molar-refractivity contribution is -0.127. The Morgan fingerprint density at radius 2 is 2.04 bits per heavy atom. The summed E-state index contributed by atoms with van der Waals surface area (Å²) in [4.78, 5) is 13.0. The zero-order valence-electron chi connectivity index (χ0n) is 15.6. The van der Waals surface area contributed by atoms with E-state index in [0.29, 0.717) is 11.8 Å². The average Bonchev–Trinajstić information content (AvgIpc) is 2.69. The Hall–Kier alpha value is -2.19. The molecule has 0 radical (unpaired) electrons. The van der Waals surface area contributed by atoms with Gasteiger partial charge in [0, 0.05) is 21.3 Å². The minimum atomic E-state index is -0.494. The summed E-state index contributed by atoms with van der Waals surface area (Å²) in [7, 11) is 0. The number of nitrogens with zero attached hydrogens (tertiary/aromatic N) is 2. The van der Waals surface area contributed by atoms with Crippen molar-refractivity contribution in [3.8, 4) is 5.75 Å². The Morgan fingerprint density at radius 1 is 1.21 bits per heavy atom. The number of ether oxygens (including phenoxy) is 1. The topological polar surface area (TPSA) is 66.0 Å². The van der Waals surface area contributed by atoms with Crippen LogP contribution in [0.25, 0.3) is 0 Å². The summed E-state index contributed by atoms with van der Waals surface area (Å²) in [6, 6.07) is 13.3. The molecule has 0 fully saturated rings. The third-order valence-electron chi connectivity index (χ3n) is 4.62. The van der Waals surface area contributed by atoms with Gasteiger partial charge in [-0.1, -0.05) is 52.8 Å². The molecule has 1 amide bonds. The first-order valence-electron chi connectivity index (χ1n) is 9.20. The van der Waals surface area contributed by atoms with Gasteiger partial charge in [0.1, 0.15) is 11.9 Å². The van der Waals surface area contributed by atoms with Crippen molar-refractivity contribution in [3.63, 3.8) is 0 Å². The van der Waals surface area contributed by atoms with Gasteiger partial charge in [-0.3, -0.25) is 9.80 Å². The van der Waals surface area contributed by atoms with E-state index in [1.165, 1.54) is 11.8 Å². The molecule has 0 aromatic heterocycles. The predicted molar refractivity (Wildman–Crippen MR) is 116 cm³/mol. The van der Waals surface area contributed by atoms with Gasteiger partial charge in [-0.25, -0.2) is 0 Å². The normalized spacial score (nSPS) is 20.5. The largest absolute Gasteiger partial charge is 0.494 e. The van der Waals surface area contributed by atoms with Gasteiger partial charge < -0.3 is 15.4 Å². The number of para-hydroxylation sites is 1. The third-order valence-corrected chi connectivity index (χ3v) is 6.08. The summed E-state index contributed by atoms with van der Waals surface area (Å²) in [5.41, 5.74) is 2.81. The van der Waals surface area contributed by atoms with E-state index in [0.717, 1.165) is 32.8 Å². The minimum Gasteiger partial charge on any atom is -0.494 e. The van der Waals surface area contributed by atoms with Gasteiger partial charge in [0.15, 0.2) is 11.2 Å². The molecular formula is C20H21BrN4O2S. The fourth-order valence-electron chi connectivity index (χ4n) is 3.46. The van der Waals surface area contributed by atoms with Gasteiger partial charge in [0.25, 0.3) is 5.91 Å². The lowest BCUT2D eigenvalue weighted by Gasteiger charge is -2.44. The molecule has 2 N–H and O–H groups in total. The van der Waals surface area contributed by atoms with E-state index in [4.69, 9.17) is 9.84 Å². The molecule has 2 atom stereocenters. The van der Waals surface area contributed by atoms with Crippen molar-refractivity contribution in [2.24, 2.45) is 5.10 Å².